The average molecular weight is 525 g/mol. The summed E-state index contributed by atoms with van der Waals surface area (Å²) in [5.41, 5.74) is 2.21. The lowest BCUT2D eigenvalue weighted by molar-refractivity contribution is -0.116. The maximum atomic E-state index is 14.6. The summed E-state index contributed by atoms with van der Waals surface area (Å²) >= 11 is 0. The molecule has 1 atom stereocenters. The van der Waals surface area contributed by atoms with E-state index in [0.29, 0.717) is 22.9 Å². The lowest BCUT2D eigenvalue weighted by Crippen LogP contribution is -2.26. The Labute approximate surface area is 224 Å². The lowest BCUT2D eigenvalue weighted by atomic mass is 10.0. The van der Waals surface area contributed by atoms with Gasteiger partial charge in [-0.1, -0.05) is 39.3 Å². The Morgan fingerprint density at radius 2 is 1.74 bits per heavy atom. The van der Waals surface area contributed by atoms with Crippen molar-refractivity contribution >= 4 is 23.2 Å². The highest BCUT2D eigenvalue weighted by Gasteiger charge is 2.12. The van der Waals surface area contributed by atoms with E-state index in [1.54, 1.807) is 24.4 Å². The number of halogens is 2. The highest BCUT2D eigenvalue weighted by atomic mass is 19.1. The van der Waals surface area contributed by atoms with E-state index in [4.69, 9.17) is 0 Å². The van der Waals surface area contributed by atoms with Crippen molar-refractivity contribution in [2.45, 2.75) is 60.3 Å². The van der Waals surface area contributed by atoms with Crippen molar-refractivity contribution < 1.29 is 18.4 Å². The fourth-order valence-electron chi connectivity index (χ4n) is 3.71. The third kappa shape index (κ3) is 10.4. The van der Waals surface area contributed by atoms with Crippen molar-refractivity contribution in [3.8, 4) is 11.1 Å². The van der Waals surface area contributed by atoms with E-state index in [1.165, 1.54) is 38.2 Å². The molecule has 2 aromatic heterocycles. The number of hydrogen-bond donors (Lipinski definition) is 1. The Bertz CT molecular complexity index is 1180. The number of nitrogens with one attached hydrogen (secondary N) is 1. The van der Waals surface area contributed by atoms with Crippen molar-refractivity contribution in [1.82, 2.24) is 9.97 Å². The molecule has 6 nitrogen and oxygen atoms in total. The second kappa shape index (κ2) is 15.5. The highest BCUT2D eigenvalue weighted by Crippen LogP contribution is 2.24. The van der Waals surface area contributed by atoms with E-state index >= 15 is 0 Å². The Balaban J connectivity index is 0.00000118. The first-order valence-corrected chi connectivity index (χ1v) is 13.0. The molecule has 0 radical (unpaired) electrons. The van der Waals surface area contributed by atoms with Crippen LogP contribution in [0.5, 0.6) is 0 Å². The first-order valence-electron chi connectivity index (χ1n) is 13.0. The molecule has 3 rings (SSSR count). The molecule has 1 amide bonds. The van der Waals surface area contributed by atoms with Crippen LogP contribution in [0.15, 0.2) is 54.9 Å². The summed E-state index contributed by atoms with van der Waals surface area (Å²) in [6.07, 6.45) is 6.41. The van der Waals surface area contributed by atoms with E-state index in [0.717, 1.165) is 38.0 Å². The fraction of sp³-hybridized carbons (Fsp3) is 0.400. The van der Waals surface area contributed by atoms with Crippen LogP contribution in [0.3, 0.4) is 0 Å². The number of amides is 1. The van der Waals surface area contributed by atoms with Gasteiger partial charge in [-0.3, -0.25) is 4.79 Å². The number of anilines is 2. The summed E-state index contributed by atoms with van der Waals surface area (Å²) < 4.78 is 27.9. The van der Waals surface area contributed by atoms with Gasteiger partial charge in [-0.05, 0) is 68.0 Å². The molecular formula is C30H38F2N4O2. The molecule has 8 heteroatoms. The summed E-state index contributed by atoms with van der Waals surface area (Å²) in [5.74, 6) is -0.185. The number of hydrogen-bond acceptors (Lipinski definition) is 5. The predicted octanol–water partition coefficient (Wildman–Crippen LogP) is 6.85. The second-order valence-corrected chi connectivity index (χ2v) is 9.51. The largest absolute Gasteiger partial charge is 0.370 e. The predicted molar refractivity (Wildman–Crippen MR) is 149 cm³/mol. The molecule has 38 heavy (non-hydrogen) atoms. The molecule has 0 aliphatic rings. The van der Waals surface area contributed by atoms with Crippen LogP contribution >= 0.6 is 0 Å². The zero-order valence-electron chi connectivity index (χ0n) is 22.9. The van der Waals surface area contributed by atoms with Gasteiger partial charge in [-0.25, -0.2) is 14.4 Å². The van der Waals surface area contributed by atoms with E-state index < -0.39 is 11.8 Å². The minimum Gasteiger partial charge on any atom is -0.370 e. The molecule has 2 heterocycles. The monoisotopic (exact) mass is 524 g/mol. The van der Waals surface area contributed by atoms with Crippen LogP contribution in [0.1, 0.15) is 59.4 Å². The van der Waals surface area contributed by atoms with Gasteiger partial charge in [0.1, 0.15) is 17.4 Å². The van der Waals surface area contributed by atoms with Gasteiger partial charge < -0.3 is 15.0 Å². The molecule has 0 aliphatic carbocycles. The van der Waals surface area contributed by atoms with Crippen molar-refractivity contribution in [3.05, 3.63) is 72.2 Å². The molecule has 0 saturated carbocycles. The molecule has 0 spiro atoms. The smallest absolute Gasteiger partial charge is 0.229 e. The molecule has 1 unspecified atom stereocenters. The molecule has 0 bridgehead atoms. The molecule has 0 saturated heterocycles. The van der Waals surface area contributed by atoms with E-state index in [-0.39, 0.29) is 23.7 Å². The molecular weight excluding hydrogens is 486 g/mol. The van der Waals surface area contributed by atoms with Crippen LogP contribution in [-0.2, 0) is 16.0 Å². The minimum atomic E-state index is -0.674. The zero-order chi connectivity index (χ0) is 28.1. The van der Waals surface area contributed by atoms with Crippen LogP contribution in [0.4, 0.5) is 20.3 Å². The van der Waals surface area contributed by atoms with Gasteiger partial charge in [-0.2, -0.15) is 4.39 Å². The summed E-state index contributed by atoms with van der Waals surface area (Å²) in [4.78, 5) is 32.1. The molecule has 1 aromatic carbocycles. The topological polar surface area (TPSA) is 75.2 Å². The maximum absolute atomic E-state index is 14.6. The number of benzene rings is 1. The number of aromatic nitrogens is 2. The van der Waals surface area contributed by atoms with Crippen molar-refractivity contribution in [1.29, 1.82) is 0 Å². The van der Waals surface area contributed by atoms with Crippen molar-refractivity contribution in [3.63, 3.8) is 0 Å². The van der Waals surface area contributed by atoms with E-state index in [2.05, 4.69) is 41.0 Å². The van der Waals surface area contributed by atoms with Gasteiger partial charge in [0.05, 0.1) is 18.3 Å². The SMILES string of the molecule is CC(C)=O.CCCN(CCC(C)CC)c1ccc(NC(=O)Cc2ccc(-c3ccnc(F)c3)c(F)c2)nc1. The molecule has 3 aromatic rings. The third-order valence-corrected chi connectivity index (χ3v) is 5.90. The van der Waals surface area contributed by atoms with Crippen LogP contribution in [0.2, 0.25) is 0 Å². The third-order valence-electron chi connectivity index (χ3n) is 5.90. The Kier molecular flexibility index (Phi) is 12.5. The highest BCUT2D eigenvalue weighted by molar-refractivity contribution is 5.91. The van der Waals surface area contributed by atoms with E-state index in [9.17, 15) is 18.4 Å². The standard InChI is InChI=1S/C27H32F2N4O.C3H6O/c1-4-13-33(14-11-19(3)5-2)22-7-9-26(31-18-22)32-27(34)16-20-6-8-23(24(28)15-20)21-10-12-30-25(29)17-21;1-3(2)4/h6-10,12,15,17-19H,4-5,11,13-14,16H2,1-3H3,(H,31,32,34);1-2H3. The van der Waals surface area contributed by atoms with Gasteiger partial charge >= 0.3 is 0 Å². The summed E-state index contributed by atoms with van der Waals surface area (Å²) in [5, 5.41) is 2.77. The van der Waals surface area contributed by atoms with Crippen molar-refractivity contribution in [2.24, 2.45) is 5.92 Å². The van der Waals surface area contributed by atoms with Crippen molar-refractivity contribution in [2.75, 3.05) is 23.3 Å². The molecule has 0 aliphatic heterocycles. The van der Waals surface area contributed by atoms with Crippen LogP contribution in [-0.4, -0.2) is 34.7 Å². The van der Waals surface area contributed by atoms with Gasteiger partial charge in [0.2, 0.25) is 11.9 Å². The second-order valence-electron chi connectivity index (χ2n) is 9.51. The number of rotatable bonds is 11. The number of carbonyl (C=O) groups is 2. The van der Waals surface area contributed by atoms with Gasteiger partial charge in [0.15, 0.2) is 0 Å². The maximum Gasteiger partial charge on any atom is 0.229 e. The zero-order valence-corrected chi connectivity index (χ0v) is 22.9. The van der Waals surface area contributed by atoms with E-state index in [1.807, 2.05) is 6.07 Å². The summed E-state index contributed by atoms with van der Waals surface area (Å²) in [7, 11) is 0. The first-order chi connectivity index (χ1) is 18.1. The van der Waals surface area contributed by atoms with Gasteiger partial charge in [-0.15, -0.1) is 0 Å². The fourth-order valence-corrected chi connectivity index (χ4v) is 3.71. The van der Waals surface area contributed by atoms with Crippen LogP contribution in [0, 0.1) is 17.7 Å². The Morgan fingerprint density at radius 1 is 1.00 bits per heavy atom. The molecule has 1 N–H and O–H groups in total. The molecule has 204 valence electrons. The Morgan fingerprint density at radius 3 is 2.32 bits per heavy atom. The number of nitrogens with zero attached hydrogens (tertiary/aromatic N) is 3. The number of pyridine rings is 2. The van der Waals surface area contributed by atoms with Crippen LogP contribution < -0.4 is 10.2 Å². The van der Waals surface area contributed by atoms with Gasteiger partial charge in [0, 0.05) is 30.9 Å². The quantitative estimate of drug-likeness (QED) is 0.278. The number of ketones is 1. The van der Waals surface area contributed by atoms with Crippen LogP contribution in [0.25, 0.3) is 11.1 Å². The summed E-state index contributed by atoms with van der Waals surface area (Å²) in [6, 6.07) is 11.0. The Hall–Kier alpha value is -3.68. The molecule has 0 fully saturated rings. The lowest BCUT2D eigenvalue weighted by Gasteiger charge is -2.25. The van der Waals surface area contributed by atoms with Gasteiger partial charge in [0.25, 0.3) is 0 Å². The first kappa shape index (κ1) is 30.5. The minimum absolute atomic E-state index is 0.00219. The number of carbonyl (C=O) groups excluding carboxylic acids is 2. The normalized spacial score (nSPS) is 11.2. The average Bonchev–Trinajstić information content (AvgIpc) is 2.86. The number of Topliss-reactive ketones (excluding diaryl/α,β-unsaturated/α-hetero) is 1. The summed E-state index contributed by atoms with van der Waals surface area (Å²) in [6.45, 7) is 11.6.